The highest BCUT2D eigenvalue weighted by Gasteiger charge is 2.13. The summed E-state index contributed by atoms with van der Waals surface area (Å²) < 4.78 is 12.1. The van der Waals surface area contributed by atoms with E-state index in [1.54, 1.807) is 11.9 Å². The molecule has 0 bridgehead atoms. The number of rotatable bonds is 7. The monoisotopic (exact) mass is 296 g/mol. The molecule has 4 nitrogen and oxygen atoms in total. The number of carbonyl (C=O) groups is 1. The second-order valence-electron chi connectivity index (χ2n) is 5.18. The molecular formula is C15H24N2O2S. The van der Waals surface area contributed by atoms with Gasteiger partial charge in [-0.05, 0) is 32.4 Å². The minimum atomic E-state index is -1.17. The number of hydrogen-bond donors (Lipinski definition) is 1. The van der Waals surface area contributed by atoms with Gasteiger partial charge in [0.15, 0.2) is 0 Å². The van der Waals surface area contributed by atoms with Gasteiger partial charge in [-0.2, -0.15) is 0 Å². The smallest absolute Gasteiger partial charge is 0.234 e. The summed E-state index contributed by atoms with van der Waals surface area (Å²) >= 11 is 0. The maximum atomic E-state index is 12.1. The minimum absolute atomic E-state index is 0.0774. The van der Waals surface area contributed by atoms with Crippen molar-refractivity contribution in [3.63, 3.8) is 0 Å². The maximum absolute atomic E-state index is 12.1. The Morgan fingerprint density at radius 3 is 2.40 bits per heavy atom. The first-order chi connectivity index (χ1) is 9.42. The predicted molar refractivity (Wildman–Crippen MR) is 83.9 cm³/mol. The standard InChI is InChI=1S/C15H24N2O2S/c1-12-7-13(2)9-14(8-12)10-20(19)11-15(18)17(3)6-4-5-16/h7-9H,4-6,10-11,16H2,1-3H3. The molecule has 0 aromatic heterocycles. The van der Waals surface area contributed by atoms with Crippen molar-refractivity contribution in [3.8, 4) is 0 Å². The van der Waals surface area contributed by atoms with Crippen molar-refractivity contribution in [2.45, 2.75) is 26.0 Å². The molecule has 0 radical (unpaired) electrons. The number of carbonyl (C=O) groups excluding carboxylic acids is 1. The first-order valence-corrected chi connectivity index (χ1v) is 8.27. The molecule has 1 aromatic rings. The third-order valence-electron chi connectivity index (χ3n) is 3.02. The van der Waals surface area contributed by atoms with Gasteiger partial charge in [-0.3, -0.25) is 9.00 Å². The molecule has 1 atom stereocenters. The Morgan fingerprint density at radius 1 is 1.25 bits per heavy atom. The minimum Gasteiger partial charge on any atom is -0.345 e. The van der Waals surface area contributed by atoms with Crippen LogP contribution in [0.1, 0.15) is 23.1 Å². The van der Waals surface area contributed by atoms with E-state index >= 15 is 0 Å². The van der Waals surface area contributed by atoms with Crippen LogP contribution in [-0.4, -0.2) is 40.9 Å². The van der Waals surface area contributed by atoms with E-state index in [2.05, 4.69) is 6.07 Å². The second-order valence-corrected chi connectivity index (χ2v) is 6.64. The van der Waals surface area contributed by atoms with Crippen LogP contribution in [0.4, 0.5) is 0 Å². The van der Waals surface area contributed by atoms with E-state index in [1.807, 2.05) is 26.0 Å². The Bertz CT molecular complexity index is 469. The van der Waals surface area contributed by atoms with Crippen molar-refractivity contribution in [1.29, 1.82) is 0 Å². The Kier molecular flexibility index (Phi) is 6.88. The summed E-state index contributed by atoms with van der Waals surface area (Å²) in [6.07, 6.45) is 0.770. The third-order valence-corrected chi connectivity index (χ3v) is 4.24. The van der Waals surface area contributed by atoms with Crippen LogP contribution in [0.5, 0.6) is 0 Å². The van der Waals surface area contributed by atoms with Gasteiger partial charge in [0, 0.05) is 30.1 Å². The lowest BCUT2D eigenvalue weighted by Gasteiger charge is -2.16. The lowest BCUT2D eigenvalue weighted by molar-refractivity contribution is -0.127. The van der Waals surface area contributed by atoms with Crippen LogP contribution in [0.15, 0.2) is 18.2 Å². The van der Waals surface area contributed by atoms with Crippen LogP contribution < -0.4 is 5.73 Å². The van der Waals surface area contributed by atoms with Crippen LogP contribution >= 0.6 is 0 Å². The summed E-state index contributed by atoms with van der Waals surface area (Å²) in [6, 6.07) is 6.12. The zero-order chi connectivity index (χ0) is 15.1. The maximum Gasteiger partial charge on any atom is 0.234 e. The fraction of sp³-hybridized carbons (Fsp3) is 0.533. The molecule has 0 fully saturated rings. The van der Waals surface area contributed by atoms with Crippen LogP contribution in [0.25, 0.3) is 0 Å². The number of amides is 1. The number of nitrogens with zero attached hydrogens (tertiary/aromatic N) is 1. The topological polar surface area (TPSA) is 63.4 Å². The van der Waals surface area contributed by atoms with Crippen molar-refractivity contribution in [1.82, 2.24) is 4.90 Å². The predicted octanol–water partition coefficient (Wildman–Crippen LogP) is 1.36. The largest absolute Gasteiger partial charge is 0.345 e. The summed E-state index contributed by atoms with van der Waals surface area (Å²) in [4.78, 5) is 13.5. The Labute approximate surface area is 123 Å². The van der Waals surface area contributed by atoms with Gasteiger partial charge in [-0.1, -0.05) is 29.3 Å². The second kappa shape index (κ2) is 8.17. The van der Waals surface area contributed by atoms with Gasteiger partial charge >= 0.3 is 0 Å². The molecule has 1 unspecified atom stereocenters. The molecule has 0 aliphatic carbocycles. The molecule has 5 heteroatoms. The fourth-order valence-electron chi connectivity index (χ4n) is 2.09. The average Bonchev–Trinajstić information content (AvgIpc) is 2.34. The molecule has 0 heterocycles. The molecule has 1 rings (SSSR count). The van der Waals surface area contributed by atoms with Crippen molar-refractivity contribution >= 4 is 16.7 Å². The number of aryl methyl sites for hydroxylation is 2. The SMILES string of the molecule is Cc1cc(C)cc(CS(=O)CC(=O)N(C)CCCN)c1. The summed E-state index contributed by atoms with van der Waals surface area (Å²) in [7, 11) is 0.562. The molecule has 112 valence electrons. The van der Waals surface area contributed by atoms with Crippen LogP contribution in [0.2, 0.25) is 0 Å². The fourth-order valence-corrected chi connectivity index (χ4v) is 3.23. The molecule has 0 spiro atoms. The van der Waals surface area contributed by atoms with Gasteiger partial charge in [0.05, 0.1) is 0 Å². The molecule has 2 N–H and O–H groups in total. The molecular weight excluding hydrogens is 272 g/mol. The van der Waals surface area contributed by atoms with E-state index in [0.29, 0.717) is 18.8 Å². The van der Waals surface area contributed by atoms with E-state index in [4.69, 9.17) is 5.73 Å². The molecule has 1 aromatic carbocycles. The van der Waals surface area contributed by atoms with Crippen molar-refractivity contribution in [2.75, 3.05) is 25.9 Å². The summed E-state index contributed by atoms with van der Waals surface area (Å²) in [5.41, 5.74) is 8.75. The average molecular weight is 296 g/mol. The van der Waals surface area contributed by atoms with Gasteiger partial charge in [0.25, 0.3) is 0 Å². The normalized spacial score (nSPS) is 12.2. The number of nitrogens with two attached hydrogens (primary N) is 1. The van der Waals surface area contributed by atoms with Gasteiger partial charge in [0.1, 0.15) is 5.75 Å². The van der Waals surface area contributed by atoms with Crippen LogP contribution in [-0.2, 0) is 21.3 Å². The lowest BCUT2D eigenvalue weighted by Crippen LogP contribution is -2.32. The van der Waals surface area contributed by atoms with E-state index in [9.17, 15) is 9.00 Å². The van der Waals surface area contributed by atoms with Gasteiger partial charge in [-0.15, -0.1) is 0 Å². The van der Waals surface area contributed by atoms with E-state index in [0.717, 1.165) is 23.1 Å². The van der Waals surface area contributed by atoms with E-state index in [1.165, 1.54) is 0 Å². The third kappa shape index (κ3) is 5.84. The highest BCUT2D eigenvalue weighted by molar-refractivity contribution is 7.84. The number of hydrogen-bond acceptors (Lipinski definition) is 3. The van der Waals surface area contributed by atoms with Crippen LogP contribution in [0, 0.1) is 13.8 Å². The Balaban J connectivity index is 2.52. The highest BCUT2D eigenvalue weighted by atomic mass is 32.2. The lowest BCUT2D eigenvalue weighted by atomic mass is 10.1. The zero-order valence-electron chi connectivity index (χ0n) is 12.5. The zero-order valence-corrected chi connectivity index (χ0v) is 13.3. The Hall–Kier alpha value is -1.20. The molecule has 1 amide bonds. The summed E-state index contributed by atoms with van der Waals surface area (Å²) in [6.45, 7) is 5.22. The quantitative estimate of drug-likeness (QED) is 0.826. The number of benzene rings is 1. The van der Waals surface area contributed by atoms with Crippen molar-refractivity contribution < 1.29 is 9.00 Å². The van der Waals surface area contributed by atoms with Crippen LogP contribution in [0.3, 0.4) is 0 Å². The van der Waals surface area contributed by atoms with Gasteiger partial charge < -0.3 is 10.6 Å². The molecule has 20 heavy (non-hydrogen) atoms. The van der Waals surface area contributed by atoms with Gasteiger partial charge in [0.2, 0.25) is 5.91 Å². The first-order valence-electron chi connectivity index (χ1n) is 6.78. The molecule has 0 saturated carbocycles. The molecule has 0 aliphatic rings. The van der Waals surface area contributed by atoms with E-state index < -0.39 is 10.8 Å². The molecule has 0 aliphatic heterocycles. The summed E-state index contributed by atoms with van der Waals surface area (Å²) in [5.74, 6) is 0.425. The van der Waals surface area contributed by atoms with Crippen molar-refractivity contribution in [2.24, 2.45) is 5.73 Å². The Morgan fingerprint density at radius 2 is 1.85 bits per heavy atom. The molecule has 0 saturated heterocycles. The summed E-state index contributed by atoms with van der Waals surface area (Å²) in [5, 5.41) is 0. The van der Waals surface area contributed by atoms with Crippen molar-refractivity contribution in [3.05, 3.63) is 34.9 Å². The van der Waals surface area contributed by atoms with Gasteiger partial charge in [-0.25, -0.2) is 0 Å². The van der Waals surface area contributed by atoms with E-state index in [-0.39, 0.29) is 11.7 Å². The first kappa shape index (κ1) is 16.9. The highest BCUT2D eigenvalue weighted by Crippen LogP contribution is 2.11.